The third-order valence-electron chi connectivity index (χ3n) is 7.85. The maximum Gasteiger partial charge on any atom is 0.333 e. The van der Waals surface area contributed by atoms with Gasteiger partial charge < -0.3 is 9.73 Å². The second-order valence-electron chi connectivity index (χ2n) is 9.69. The molecule has 2 N–H and O–H groups in total. The lowest BCUT2D eigenvalue weighted by Gasteiger charge is -2.26. The molecule has 1 saturated heterocycles. The summed E-state index contributed by atoms with van der Waals surface area (Å²) in [5, 5.41) is 2.75. The molecule has 0 unspecified atom stereocenters. The van der Waals surface area contributed by atoms with Crippen LogP contribution in [0.4, 0.5) is 10.5 Å². The van der Waals surface area contributed by atoms with E-state index >= 15 is 0 Å². The van der Waals surface area contributed by atoms with Gasteiger partial charge in [0.25, 0.3) is 10.0 Å². The van der Waals surface area contributed by atoms with E-state index in [0.717, 1.165) is 81.5 Å². The first-order chi connectivity index (χ1) is 15.4. The van der Waals surface area contributed by atoms with E-state index in [2.05, 4.69) is 21.9 Å². The molecule has 0 saturated carbocycles. The molecule has 4 heterocycles. The quantitative estimate of drug-likeness (QED) is 0.735. The van der Waals surface area contributed by atoms with Gasteiger partial charge >= 0.3 is 6.03 Å². The Labute approximate surface area is 188 Å². The Kier molecular flexibility index (Phi) is 4.66. The predicted molar refractivity (Wildman–Crippen MR) is 121 cm³/mol. The third kappa shape index (κ3) is 3.18. The molecule has 5 aliphatic rings. The fourth-order valence-corrected chi connectivity index (χ4v) is 7.20. The van der Waals surface area contributed by atoms with Crippen LogP contribution >= 0.6 is 0 Å². The third-order valence-corrected chi connectivity index (χ3v) is 9.03. The Balaban J connectivity index is 1.26. The van der Waals surface area contributed by atoms with Crippen molar-refractivity contribution in [3.8, 4) is 0 Å². The summed E-state index contributed by atoms with van der Waals surface area (Å²) in [5.74, 6) is 1.04. The molecule has 1 aromatic carbocycles. The van der Waals surface area contributed by atoms with Gasteiger partial charge in [0, 0.05) is 29.8 Å². The summed E-state index contributed by atoms with van der Waals surface area (Å²) in [5.41, 5.74) is 8.18. The topological polar surface area (TPSA) is 91.7 Å². The van der Waals surface area contributed by atoms with Gasteiger partial charge in [-0.15, -0.1) is 0 Å². The molecule has 0 radical (unpaired) electrons. The molecule has 0 spiro atoms. The van der Waals surface area contributed by atoms with Crippen molar-refractivity contribution in [1.29, 1.82) is 0 Å². The zero-order valence-electron chi connectivity index (χ0n) is 18.4. The van der Waals surface area contributed by atoms with Crippen LogP contribution in [0.15, 0.2) is 15.6 Å². The number of benzene rings is 1. The normalized spacial score (nSPS) is 23.4. The van der Waals surface area contributed by atoms with Crippen LogP contribution in [0.3, 0.4) is 0 Å². The molecule has 1 fully saturated rings. The highest BCUT2D eigenvalue weighted by Crippen LogP contribution is 2.42. The Morgan fingerprint density at radius 3 is 2.31 bits per heavy atom. The van der Waals surface area contributed by atoms with Crippen LogP contribution in [-0.2, 0) is 42.3 Å². The van der Waals surface area contributed by atoms with Gasteiger partial charge in [-0.3, -0.25) is 4.90 Å². The Morgan fingerprint density at radius 1 is 1.03 bits per heavy atom. The molecule has 0 atom stereocenters. The molecule has 7 nitrogen and oxygen atoms in total. The van der Waals surface area contributed by atoms with Gasteiger partial charge in [-0.2, -0.15) is 8.42 Å². The van der Waals surface area contributed by atoms with Crippen molar-refractivity contribution >= 4 is 21.7 Å². The first-order valence-electron chi connectivity index (χ1n) is 11.8. The van der Waals surface area contributed by atoms with E-state index < -0.39 is 16.1 Å². The van der Waals surface area contributed by atoms with E-state index in [0.29, 0.717) is 6.54 Å². The zero-order valence-corrected chi connectivity index (χ0v) is 19.2. The van der Waals surface area contributed by atoms with Gasteiger partial charge in [0.05, 0.1) is 0 Å². The van der Waals surface area contributed by atoms with E-state index in [4.69, 9.17) is 4.42 Å². The van der Waals surface area contributed by atoms with Crippen LogP contribution in [0, 0.1) is 6.92 Å². The lowest BCUT2D eigenvalue weighted by molar-refractivity contribution is 0.212. The number of hydrogen-bond donors (Lipinski definition) is 2. The number of amides is 2. The molecule has 3 aliphatic heterocycles. The average Bonchev–Trinajstić information content (AvgIpc) is 3.49. The highest BCUT2D eigenvalue weighted by molar-refractivity contribution is 7.89. The van der Waals surface area contributed by atoms with Crippen LogP contribution < -0.4 is 10.0 Å². The number of hydrogen-bond acceptors (Lipinski definition) is 5. The predicted octanol–water partition coefficient (Wildman–Crippen LogP) is 3.77. The Hall–Kier alpha value is -2.32. The molecule has 7 rings (SSSR count). The number of fused-ring (bicyclic) bond motifs is 4. The van der Waals surface area contributed by atoms with Gasteiger partial charge in [-0.05, 0) is 99.2 Å². The van der Waals surface area contributed by atoms with Gasteiger partial charge in [0.2, 0.25) is 5.09 Å². The Morgan fingerprint density at radius 2 is 1.66 bits per heavy atom. The summed E-state index contributed by atoms with van der Waals surface area (Å²) in [6.45, 7) is 4.93. The minimum Gasteiger partial charge on any atom is -0.447 e. The van der Waals surface area contributed by atoms with E-state index in [1.165, 1.54) is 27.8 Å². The minimum atomic E-state index is -4.09. The SMILES string of the molecule is Cc1c2c(c(NC(=O)NS(=O)(=O)c3cc4c(o3)C3CCN(CC3)C4)c3c1CCC3)CCC2. The number of piperidine rings is 1. The summed E-state index contributed by atoms with van der Waals surface area (Å²) >= 11 is 0. The van der Waals surface area contributed by atoms with Crippen molar-refractivity contribution in [1.82, 2.24) is 9.62 Å². The molecular formula is C24H29N3O4S. The van der Waals surface area contributed by atoms with Crippen molar-refractivity contribution < 1.29 is 17.6 Å². The number of carbonyl (C=O) groups is 1. The fraction of sp³-hybridized carbons (Fsp3) is 0.542. The Bertz CT molecular complexity index is 1190. The number of nitrogens with one attached hydrogen (secondary N) is 2. The van der Waals surface area contributed by atoms with Gasteiger partial charge in [0.15, 0.2) is 0 Å². The van der Waals surface area contributed by atoms with E-state index in [1.807, 2.05) is 0 Å². The summed E-state index contributed by atoms with van der Waals surface area (Å²) in [6.07, 6.45) is 8.02. The maximum atomic E-state index is 13.0. The van der Waals surface area contributed by atoms with E-state index in [-0.39, 0.29) is 11.0 Å². The number of rotatable bonds is 3. The maximum absolute atomic E-state index is 13.0. The number of nitrogens with zero attached hydrogens (tertiary/aromatic N) is 1. The summed E-state index contributed by atoms with van der Waals surface area (Å²) in [7, 11) is -4.09. The van der Waals surface area contributed by atoms with E-state index in [1.54, 1.807) is 6.07 Å². The van der Waals surface area contributed by atoms with Crippen LogP contribution in [0.2, 0.25) is 0 Å². The molecule has 8 heteroatoms. The highest BCUT2D eigenvalue weighted by Gasteiger charge is 2.34. The monoisotopic (exact) mass is 455 g/mol. The van der Waals surface area contributed by atoms with Crippen molar-refractivity contribution in [2.45, 2.75) is 75.8 Å². The fourth-order valence-electron chi connectivity index (χ4n) is 6.31. The van der Waals surface area contributed by atoms with E-state index in [9.17, 15) is 13.2 Å². The van der Waals surface area contributed by atoms with Crippen molar-refractivity contribution in [3.63, 3.8) is 0 Å². The smallest absolute Gasteiger partial charge is 0.333 e. The standard InChI is InChI=1S/C24H29N3O4S/c1-14-17-4-2-6-19(17)22(20-7-3-5-18(14)20)25-24(28)26-32(29,30)21-12-16-13-27-10-8-15(9-11-27)23(16)31-21/h12,15H,2-11,13H2,1H3,(H2,25,26,28). The molecular weight excluding hydrogens is 426 g/mol. The van der Waals surface area contributed by atoms with Crippen LogP contribution in [-0.4, -0.2) is 32.4 Å². The lowest BCUT2D eigenvalue weighted by atomic mass is 9.93. The number of sulfonamides is 1. The van der Waals surface area contributed by atoms with Crippen LogP contribution in [0.1, 0.15) is 70.7 Å². The molecule has 2 aromatic rings. The van der Waals surface area contributed by atoms with Crippen molar-refractivity contribution in [3.05, 3.63) is 45.2 Å². The molecule has 32 heavy (non-hydrogen) atoms. The first-order valence-corrected chi connectivity index (χ1v) is 13.2. The average molecular weight is 456 g/mol. The molecule has 2 amide bonds. The number of anilines is 1. The second kappa shape index (κ2) is 7.35. The largest absolute Gasteiger partial charge is 0.447 e. The number of carbonyl (C=O) groups excluding carboxylic acids is 1. The summed E-state index contributed by atoms with van der Waals surface area (Å²) < 4.78 is 34.0. The summed E-state index contributed by atoms with van der Waals surface area (Å²) in [6, 6.07) is 0.886. The van der Waals surface area contributed by atoms with Gasteiger partial charge in [-0.25, -0.2) is 9.52 Å². The van der Waals surface area contributed by atoms with Gasteiger partial charge in [-0.1, -0.05) is 0 Å². The van der Waals surface area contributed by atoms with Crippen LogP contribution in [0.5, 0.6) is 0 Å². The zero-order chi connectivity index (χ0) is 22.0. The minimum absolute atomic E-state index is 0.161. The van der Waals surface area contributed by atoms with Crippen molar-refractivity contribution in [2.24, 2.45) is 0 Å². The highest BCUT2D eigenvalue weighted by atomic mass is 32.2. The molecule has 1 aromatic heterocycles. The second-order valence-corrected chi connectivity index (χ2v) is 11.3. The first kappa shape index (κ1) is 20.3. The van der Waals surface area contributed by atoms with Gasteiger partial charge in [0.1, 0.15) is 5.76 Å². The number of furan rings is 1. The van der Waals surface area contributed by atoms with Crippen molar-refractivity contribution in [2.75, 3.05) is 18.4 Å². The number of urea groups is 1. The molecule has 2 bridgehead atoms. The van der Waals surface area contributed by atoms with Crippen LogP contribution in [0.25, 0.3) is 0 Å². The molecule has 2 aliphatic carbocycles. The molecule has 170 valence electrons. The summed E-state index contributed by atoms with van der Waals surface area (Å²) in [4.78, 5) is 15.2. The lowest BCUT2D eigenvalue weighted by Crippen LogP contribution is -2.35.